The molecule has 0 amide bonds. The molecule has 2 aromatic carbocycles. The summed E-state index contributed by atoms with van der Waals surface area (Å²) in [7, 11) is 0. The van der Waals surface area contributed by atoms with Crippen LogP contribution in [0.4, 0.5) is 0 Å². The van der Waals surface area contributed by atoms with Crippen molar-refractivity contribution < 1.29 is 4.74 Å². The van der Waals surface area contributed by atoms with E-state index in [1.54, 1.807) is 0 Å². The molecule has 2 aromatic rings. The van der Waals surface area contributed by atoms with Crippen LogP contribution in [-0.4, -0.2) is 12.4 Å². The summed E-state index contributed by atoms with van der Waals surface area (Å²) in [5.74, 6) is 2.34. The van der Waals surface area contributed by atoms with Gasteiger partial charge in [0.25, 0.3) is 0 Å². The van der Waals surface area contributed by atoms with Crippen LogP contribution in [0.5, 0.6) is 0 Å². The van der Waals surface area contributed by atoms with Crippen LogP contribution in [-0.2, 0) is 4.74 Å². The monoisotopic (exact) mass is 337 g/mol. The van der Waals surface area contributed by atoms with E-state index in [4.69, 9.17) is 4.74 Å². The van der Waals surface area contributed by atoms with Gasteiger partial charge in [-0.3, -0.25) is 0 Å². The number of benzene rings is 2. The molecule has 0 aliphatic carbocycles. The van der Waals surface area contributed by atoms with Crippen LogP contribution >= 0.6 is 11.8 Å². The van der Waals surface area contributed by atoms with Gasteiger partial charge in [0, 0.05) is 17.8 Å². The second-order valence-electron chi connectivity index (χ2n) is 6.84. The molecule has 1 radical (unpaired) electrons. The zero-order valence-electron chi connectivity index (χ0n) is 14.1. The lowest BCUT2D eigenvalue weighted by molar-refractivity contribution is 0.140. The lowest BCUT2D eigenvalue weighted by Gasteiger charge is -2.35. The van der Waals surface area contributed by atoms with Crippen molar-refractivity contribution in [2.75, 3.05) is 12.4 Å². The van der Waals surface area contributed by atoms with Crippen molar-refractivity contribution in [1.82, 2.24) is 0 Å². The van der Waals surface area contributed by atoms with E-state index in [1.165, 1.54) is 41.7 Å². The average molecular weight is 338 g/mol. The molecule has 2 heteroatoms. The van der Waals surface area contributed by atoms with Crippen LogP contribution < -0.4 is 0 Å². The maximum absolute atomic E-state index is 5.66. The normalized spacial score (nSPS) is 27.8. The van der Waals surface area contributed by atoms with E-state index in [2.05, 4.69) is 73.0 Å². The molecule has 2 aliphatic rings. The summed E-state index contributed by atoms with van der Waals surface area (Å²) in [6.45, 7) is 2.96. The fraction of sp³-hybridized carbons (Fsp3) is 0.409. The van der Waals surface area contributed by atoms with Crippen molar-refractivity contribution >= 4 is 11.8 Å². The van der Waals surface area contributed by atoms with E-state index in [1.807, 2.05) is 0 Å². The summed E-state index contributed by atoms with van der Waals surface area (Å²) in [4.78, 5) is 0. The lowest BCUT2D eigenvalue weighted by Crippen LogP contribution is -2.18. The van der Waals surface area contributed by atoms with E-state index in [0.717, 1.165) is 13.0 Å². The van der Waals surface area contributed by atoms with Gasteiger partial charge in [-0.05, 0) is 54.0 Å². The van der Waals surface area contributed by atoms with Crippen LogP contribution in [0.2, 0.25) is 0 Å². The maximum Gasteiger partial charge on any atom is 0.0911 e. The minimum Gasteiger partial charge on any atom is -0.375 e. The summed E-state index contributed by atoms with van der Waals surface area (Å²) in [6, 6.07) is 20.2. The fourth-order valence-corrected chi connectivity index (χ4v) is 5.61. The minimum absolute atomic E-state index is 0.453. The molecule has 0 saturated carbocycles. The van der Waals surface area contributed by atoms with Crippen LogP contribution in [0.3, 0.4) is 0 Å². The largest absolute Gasteiger partial charge is 0.375 e. The second kappa shape index (κ2) is 7.76. The molecule has 24 heavy (non-hydrogen) atoms. The predicted molar refractivity (Wildman–Crippen MR) is 102 cm³/mol. The van der Waals surface area contributed by atoms with Gasteiger partial charge in [-0.1, -0.05) is 54.6 Å². The second-order valence-corrected chi connectivity index (χ2v) is 8.08. The molecule has 0 bridgehead atoms. The Morgan fingerprint density at radius 1 is 0.833 bits per heavy atom. The van der Waals surface area contributed by atoms with Gasteiger partial charge in [0.15, 0.2) is 0 Å². The summed E-state index contributed by atoms with van der Waals surface area (Å²) in [5.41, 5.74) is 4.51. The van der Waals surface area contributed by atoms with Crippen LogP contribution in [0.15, 0.2) is 54.6 Å². The first kappa shape index (κ1) is 16.2. The van der Waals surface area contributed by atoms with Crippen molar-refractivity contribution in [2.24, 2.45) is 0 Å². The zero-order chi connectivity index (χ0) is 16.2. The third-order valence-corrected chi connectivity index (χ3v) is 6.76. The summed E-state index contributed by atoms with van der Waals surface area (Å²) < 4.78 is 5.66. The quantitative estimate of drug-likeness (QED) is 0.670. The Morgan fingerprint density at radius 3 is 2.42 bits per heavy atom. The highest BCUT2D eigenvalue weighted by Crippen LogP contribution is 2.50. The predicted octanol–water partition coefficient (Wildman–Crippen LogP) is 6.09. The molecule has 2 saturated heterocycles. The molecule has 0 aromatic heterocycles. The molecule has 2 aliphatic heterocycles. The molecule has 0 spiro atoms. The number of rotatable bonds is 3. The number of hydrogen-bond donors (Lipinski definition) is 0. The highest BCUT2D eigenvalue weighted by atomic mass is 32.2. The Morgan fingerprint density at radius 2 is 1.62 bits per heavy atom. The van der Waals surface area contributed by atoms with Crippen LogP contribution in [0.25, 0.3) is 0 Å². The van der Waals surface area contributed by atoms with Crippen molar-refractivity contribution in [3.63, 3.8) is 0 Å². The fourth-order valence-electron chi connectivity index (χ4n) is 4.10. The Balaban J connectivity index is 1.68. The lowest BCUT2D eigenvalue weighted by atomic mass is 9.82. The van der Waals surface area contributed by atoms with Gasteiger partial charge in [0.2, 0.25) is 0 Å². The summed E-state index contributed by atoms with van der Waals surface area (Å²) >= 11 is 2.14. The van der Waals surface area contributed by atoms with Crippen LogP contribution in [0.1, 0.15) is 59.5 Å². The number of thioether (sulfide) groups is 1. The van der Waals surface area contributed by atoms with Gasteiger partial charge in [-0.25, -0.2) is 0 Å². The van der Waals surface area contributed by atoms with Crippen molar-refractivity contribution in [2.45, 2.75) is 42.8 Å². The van der Waals surface area contributed by atoms with Gasteiger partial charge in [0.05, 0.1) is 6.61 Å². The molecule has 125 valence electrons. The molecular formula is C22H25OS. The smallest absolute Gasteiger partial charge is 0.0911 e. The molecule has 3 unspecified atom stereocenters. The molecule has 2 fully saturated rings. The topological polar surface area (TPSA) is 9.23 Å². The summed E-state index contributed by atoms with van der Waals surface area (Å²) in [5, 5.41) is 0.563. The van der Waals surface area contributed by atoms with E-state index in [0.29, 0.717) is 17.1 Å². The average Bonchev–Trinajstić information content (AvgIpc) is 2.69. The SMILES string of the molecule is [CH]1OCCCC1c1ccccc1C1SCCCC1c1ccccc1. The third-order valence-electron chi connectivity index (χ3n) is 5.29. The first-order valence-corrected chi connectivity index (χ1v) is 10.2. The summed E-state index contributed by atoms with van der Waals surface area (Å²) in [6.07, 6.45) is 4.99. The van der Waals surface area contributed by atoms with Gasteiger partial charge in [-0.15, -0.1) is 0 Å². The molecule has 4 rings (SSSR count). The standard InChI is InChI=1S/C22H25OS/c1-2-8-17(9-3-1)20-13-7-15-24-22(20)21-12-5-4-11-19(21)18-10-6-14-23-16-18/h1-5,8-9,11-12,16,18,20,22H,6-7,10,13-15H2. The van der Waals surface area contributed by atoms with E-state index < -0.39 is 0 Å². The van der Waals surface area contributed by atoms with E-state index in [9.17, 15) is 0 Å². The van der Waals surface area contributed by atoms with Gasteiger partial charge >= 0.3 is 0 Å². The van der Waals surface area contributed by atoms with Crippen LogP contribution in [0, 0.1) is 6.61 Å². The molecular weight excluding hydrogens is 312 g/mol. The zero-order valence-corrected chi connectivity index (χ0v) is 14.9. The number of ether oxygens (including phenoxy) is 1. The maximum atomic E-state index is 5.66. The molecule has 3 atom stereocenters. The molecule has 1 nitrogen and oxygen atoms in total. The highest BCUT2D eigenvalue weighted by Gasteiger charge is 2.31. The van der Waals surface area contributed by atoms with Crippen molar-refractivity contribution in [1.29, 1.82) is 0 Å². The first-order valence-electron chi connectivity index (χ1n) is 9.14. The Bertz CT molecular complexity index is 648. The number of hydrogen-bond acceptors (Lipinski definition) is 2. The van der Waals surface area contributed by atoms with Gasteiger partial charge < -0.3 is 4.74 Å². The highest BCUT2D eigenvalue weighted by molar-refractivity contribution is 7.99. The Hall–Kier alpha value is -1.25. The Labute approximate surface area is 149 Å². The van der Waals surface area contributed by atoms with Gasteiger partial charge in [0.1, 0.15) is 0 Å². The van der Waals surface area contributed by atoms with E-state index in [-0.39, 0.29) is 0 Å². The molecule has 2 heterocycles. The molecule has 0 N–H and O–H groups in total. The minimum atomic E-state index is 0.453. The van der Waals surface area contributed by atoms with Crippen molar-refractivity contribution in [3.05, 3.63) is 77.9 Å². The first-order chi connectivity index (χ1) is 11.9. The Kier molecular flexibility index (Phi) is 5.24. The van der Waals surface area contributed by atoms with Crippen molar-refractivity contribution in [3.8, 4) is 0 Å². The van der Waals surface area contributed by atoms with Gasteiger partial charge in [-0.2, -0.15) is 11.8 Å². The van der Waals surface area contributed by atoms with E-state index >= 15 is 0 Å². The third kappa shape index (κ3) is 3.41.